The fraction of sp³-hybridized carbons (Fsp3) is 0.190. The summed E-state index contributed by atoms with van der Waals surface area (Å²) in [6.45, 7) is 2.78. The van der Waals surface area contributed by atoms with Gasteiger partial charge in [-0.1, -0.05) is 41.9 Å². The van der Waals surface area contributed by atoms with E-state index in [0.717, 1.165) is 16.1 Å². The molecule has 2 aliphatic heterocycles. The largest absolute Gasteiger partial charge is 0.306 e. The molecule has 0 radical (unpaired) electrons. The van der Waals surface area contributed by atoms with E-state index in [0.29, 0.717) is 29.4 Å². The molecule has 0 spiro atoms. The van der Waals surface area contributed by atoms with Crippen LogP contribution in [0.4, 0.5) is 0 Å². The molecule has 0 bridgehead atoms. The number of hydrogen-bond donors (Lipinski definition) is 0. The molecule has 5 rings (SSSR count). The lowest BCUT2D eigenvalue weighted by Gasteiger charge is -2.40. The van der Waals surface area contributed by atoms with Gasteiger partial charge in [0.05, 0.1) is 5.01 Å². The lowest BCUT2D eigenvalue weighted by Crippen LogP contribution is -2.51. The van der Waals surface area contributed by atoms with Crippen LogP contribution in [0.25, 0.3) is 0 Å². The third kappa shape index (κ3) is 2.22. The molecular weight excluding hydrogens is 394 g/mol. The molecule has 28 heavy (non-hydrogen) atoms. The molecule has 1 fully saturated rings. The van der Waals surface area contributed by atoms with Crippen molar-refractivity contribution >= 4 is 34.8 Å². The Morgan fingerprint density at radius 2 is 1.89 bits per heavy atom. The minimum absolute atomic E-state index is 0.0599. The van der Waals surface area contributed by atoms with Gasteiger partial charge in [-0.3, -0.25) is 9.59 Å². The van der Waals surface area contributed by atoms with Crippen LogP contribution in [0, 0.1) is 6.92 Å². The Balaban J connectivity index is 1.76. The van der Waals surface area contributed by atoms with E-state index in [9.17, 15) is 9.59 Å². The van der Waals surface area contributed by atoms with Gasteiger partial charge in [0.15, 0.2) is 5.66 Å². The summed E-state index contributed by atoms with van der Waals surface area (Å²) in [4.78, 5) is 34.6. The van der Waals surface area contributed by atoms with E-state index in [-0.39, 0.29) is 11.8 Å². The van der Waals surface area contributed by atoms with Crippen LogP contribution < -0.4 is 0 Å². The molecule has 3 heterocycles. The maximum absolute atomic E-state index is 13.5. The Kier molecular flexibility index (Phi) is 3.82. The number of nitrogens with zero attached hydrogens (tertiary/aromatic N) is 3. The van der Waals surface area contributed by atoms with Gasteiger partial charge in [-0.25, -0.2) is 4.98 Å². The number of carbonyl (C=O) groups excluding carboxylic acids is 2. The standard InChI is InChI=1S/C21H16ClN3O2S/c1-13-23-18(12-28-13)20(27)25-11-10-24-19(26)16-4-2-3-5-17(16)21(24,25)14-6-8-15(22)9-7-14/h2-9,12H,10-11H2,1H3. The van der Waals surface area contributed by atoms with Crippen molar-refractivity contribution in [3.63, 3.8) is 0 Å². The number of hydrogen-bond acceptors (Lipinski definition) is 4. The van der Waals surface area contributed by atoms with Gasteiger partial charge in [0.2, 0.25) is 0 Å². The molecule has 0 N–H and O–H groups in total. The van der Waals surface area contributed by atoms with E-state index in [1.165, 1.54) is 11.3 Å². The molecule has 2 aromatic carbocycles. The molecule has 5 nitrogen and oxygen atoms in total. The summed E-state index contributed by atoms with van der Waals surface area (Å²) in [5.41, 5.74) is 1.72. The highest BCUT2D eigenvalue weighted by Gasteiger charge is 2.59. The van der Waals surface area contributed by atoms with E-state index >= 15 is 0 Å². The van der Waals surface area contributed by atoms with Crippen LogP contribution in [0.1, 0.15) is 37.0 Å². The number of fused-ring (bicyclic) bond motifs is 3. The number of rotatable bonds is 2. The Morgan fingerprint density at radius 3 is 2.61 bits per heavy atom. The smallest absolute Gasteiger partial charge is 0.275 e. The highest BCUT2D eigenvalue weighted by Crippen LogP contribution is 2.50. The van der Waals surface area contributed by atoms with Crippen LogP contribution in [0.15, 0.2) is 53.9 Å². The summed E-state index contributed by atoms with van der Waals surface area (Å²) in [5.74, 6) is -0.235. The second-order valence-corrected chi connectivity index (χ2v) is 8.39. The number of amides is 2. The fourth-order valence-electron chi connectivity index (χ4n) is 4.33. The molecule has 7 heteroatoms. The number of benzene rings is 2. The first kappa shape index (κ1) is 17.4. The Labute approximate surface area is 171 Å². The maximum atomic E-state index is 13.5. The molecule has 3 aromatic rings. The molecule has 1 aromatic heterocycles. The van der Waals surface area contributed by atoms with Crippen LogP contribution in [0.3, 0.4) is 0 Å². The zero-order chi connectivity index (χ0) is 19.5. The summed E-state index contributed by atoms with van der Waals surface area (Å²) in [6, 6.07) is 14.9. The SMILES string of the molecule is Cc1nc(C(=O)N2CCN3C(=O)c4ccccc4C23c2ccc(Cl)cc2)cs1. The number of aryl methyl sites for hydroxylation is 1. The van der Waals surface area contributed by atoms with E-state index in [1.807, 2.05) is 43.3 Å². The minimum atomic E-state index is -0.979. The molecule has 140 valence electrons. The van der Waals surface area contributed by atoms with Gasteiger partial charge in [-0.2, -0.15) is 0 Å². The molecular formula is C21H16ClN3O2S. The normalized spacial score (nSPS) is 20.4. The molecule has 0 aliphatic carbocycles. The first-order valence-electron chi connectivity index (χ1n) is 8.95. The zero-order valence-electron chi connectivity index (χ0n) is 15.1. The maximum Gasteiger partial charge on any atom is 0.275 e. The van der Waals surface area contributed by atoms with Crippen LogP contribution in [0.2, 0.25) is 5.02 Å². The van der Waals surface area contributed by atoms with E-state index < -0.39 is 5.66 Å². The lowest BCUT2D eigenvalue weighted by molar-refractivity contribution is 0.0372. The Morgan fingerprint density at radius 1 is 1.14 bits per heavy atom. The van der Waals surface area contributed by atoms with Crippen molar-refractivity contribution in [2.24, 2.45) is 0 Å². The molecule has 1 saturated heterocycles. The predicted molar refractivity (Wildman–Crippen MR) is 108 cm³/mol. The predicted octanol–water partition coefficient (Wildman–Crippen LogP) is 3.92. The third-order valence-electron chi connectivity index (χ3n) is 5.44. The van der Waals surface area contributed by atoms with Gasteiger partial charge in [-0.05, 0) is 25.1 Å². The van der Waals surface area contributed by atoms with Gasteiger partial charge in [0, 0.05) is 40.2 Å². The monoisotopic (exact) mass is 409 g/mol. The van der Waals surface area contributed by atoms with E-state index in [4.69, 9.17) is 11.6 Å². The van der Waals surface area contributed by atoms with Crippen LogP contribution in [-0.2, 0) is 5.66 Å². The highest BCUT2D eigenvalue weighted by molar-refractivity contribution is 7.09. The summed E-state index contributed by atoms with van der Waals surface area (Å²) in [5, 5.41) is 3.22. The van der Waals surface area contributed by atoms with Gasteiger partial charge < -0.3 is 9.80 Å². The lowest BCUT2D eigenvalue weighted by atomic mass is 9.89. The molecule has 2 aliphatic rings. The van der Waals surface area contributed by atoms with Crippen molar-refractivity contribution in [2.45, 2.75) is 12.6 Å². The number of thiazole rings is 1. The first-order chi connectivity index (χ1) is 13.5. The van der Waals surface area contributed by atoms with E-state index in [1.54, 1.807) is 27.3 Å². The van der Waals surface area contributed by atoms with Crippen molar-refractivity contribution in [3.8, 4) is 0 Å². The third-order valence-corrected chi connectivity index (χ3v) is 6.46. The van der Waals surface area contributed by atoms with Crippen LogP contribution in [0.5, 0.6) is 0 Å². The number of carbonyl (C=O) groups is 2. The van der Waals surface area contributed by atoms with Gasteiger partial charge in [0.25, 0.3) is 11.8 Å². The quantitative estimate of drug-likeness (QED) is 0.644. The van der Waals surface area contributed by atoms with Crippen molar-refractivity contribution in [1.82, 2.24) is 14.8 Å². The van der Waals surface area contributed by atoms with Crippen LogP contribution in [-0.4, -0.2) is 39.7 Å². The average molecular weight is 410 g/mol. The van der Waals surface area contributed by atoms with Crippen molar-refractivity contribution < 1.29 is 9.59 Å². The Bertz CT molecular complexity index is 1110. The summed E-state index contributed by atoms with van der Waals surface area (Å²) in [6.07, 6.45) is 0. The molecule has 2 amide bonds. The molecule has 1 unspecified atom stereocenters. The molecule has 1 atom stereocenters. The fourth-order valence-corrected chi connectivity index (χ4v) is 5.04. The van der Waals surface area contributed by atoms with Crippen molar-refractivity contribution in [3.05, 3.63) is 86.3 Å². The topological polar surface area (TPSA) is 53.5 Å². The second-order valence-electron chi connectivity index (χ2n) is 6.89. The van der Waals surface area contributed by atoms with Crippen molar-refractivity contribution in [1.29, 1.82) is 0 Å². The first-order valence-corrected chi connectivity index (χ1v) is 10.2. The van der Waals surface area contributed by atoms with Crippen molar-refractivity contribution in [2.75, 3.05) is 13.1 Å². The minimum Gasteiger partial charge on any atom is -0.306 e. The van der Waals surface area contributed by atoms with Crippen LogP contribution >= 0.6 is 22.9 Å². The second kappa shape index (κ2) is 6.15. The van der Waals surface area contributed by atoms with Gasteiger partial charge in [0.1, 0.15) is 5.69 Å². The Hall–Kier alpha value is -2.70. The van der Waals surface area contributed by atoms with Gasteiger partial charge in [-0.15, -0.1) is 11.3 Å². The summed E-state index contributed by atoms with van der Waals surface area (Å²) < 4.78 is 0. The number of halogens is 1. The average Bonchev–Trinajstić information content (AvgIpc) is 3.37. The zero-order valence-corrected chi connectivity index (χ0v) is 16.6. The summed E-state index contributed by atoms with van der Waals surface area (Å²) >= 11 is 7.56. The van der Waals surface area contributed by atoms with Gasteiger partial charge >= 0.3 is 0 Å². The molecule has 0 saturated carbocycles. The highest BCUT2D eigenvalue weighted by atomic mass is 35.5. The van der Waals surface area contributed by atoms with E-state index in [2.05, 4.69) is 4.98 Å². The summed E-state index contributed by atoms with van der Waals surface area (Å²) in [7, 11) is 0. The number of aromatic nitrogens is 1.